The van der Waals surface area contributed by atoms with E-state index in [-0.39, 0.29) is 11.7 Å². The van der Waals surface area contributed by atoms with Gasteiger partial charge in [-0.1, -0.05) is 64.7 Å². The van der Waals surface area contributed by atoms with E-state index in [9.17, 15) is 21.2 Å². The van der Waals surface area contributed by atoms with E-state index in [0.29, 0.717) is 68.4 Å². The number of piperazine rings is 1. The molecule has 1 heterocycles. The first-order valence-electron chi connectivity index (χ1n) is 19.0. The van der Waals surface area contributed by atoms with Crippen molar-refractivity contribution in [2.75, 3.05) is 57.2 Å². The Bertz CT molecular complexity index is 1590. The average Bonchev–Trinajstić information content (AvgIpc) is 3.10. The van der Waals surface area contributed by atoms with Gasteiger partial charge in [0.2, 0.25) is 10.0 Å². The Labute approximate surface area is 301 Å². The van der Waals surface area contributed by atoms with Gasteiger partial charge in [-0.05, 0) is 86.3 Å². The quantitative estimate of drug-likeness (QED) is 0.259. The van der Waals surface area contributed by atoms with Gasteiger partial charge < -0.3 is 14.5 Å². The molecule has 1 aliphatic heterocycles. The standard InChI is InChI=1S/C39H60FN3O5S2/c1-30-26-36(49(44,45)35-19-17-34(18-20-35)41(2)3)14-8-12-32(28-31-10-6-5-7-11-31)13-9-15-37(27-30)50(46,47)43-24-22-42(23-25-43)38-21-16-33(40)29-39(38)48-4/h16-21,29-32,36-37H,5-15,22-28H2,1-4H3/t30-,32?,36?,37?/m0/s1. The van der Waals surface area contributed by atoms with Gasteiger partial charge in [0.15, 0.2) is 9.84 Å². The number of anilines is 2. The largest absolute Gasteiger partial charge is 0.494 e. The lowest BCUT2D eigenvalue weighted by atomic mass is 9.79. The van der Waals surface area contributed by atoms with Crippen molar-refractivity contribution in [3.8, 4) is 5.75 Å². The molecule has 3 fully saturated rings. The molecule has 5 rings (SSSR count). The van der Waals surface area contributed by atoms with Crippen LogP contribution in [-0.4, -0.2) is 79.0 Å². The molecule has 0 radical (unpaired) electrons. The van der Waals surface area contributed by atoms with Gasteiger partial charge in [0, 0.05) is 52.0 Å². The third-order valence-corrected chi connectivity index (χ3v) is 16.2. The van der Waals surface area contributed by atoms with Crippen molar-refractivity contribution in [1.82, 2.24) is 4.31 Å². The molecule has 3 unspecified atom stereocenters. The van der Waals surface area contributed by atoms with Gasteiger partial charge in [-0.15, -0.1) is 0 Å². The molecular weight excluding hydrogens is 674 g/mol. The van der Waals surface area contributed by atoms with Crippen molar-refractivity contribution in [2.45, 2.75) is 112 Å². The molecule has 3 aliphatic rings. The fourth-order valence-electron chi connectivity index (χ4n) is 8.76. The number of sulfone groups is 1. The summed E-state index contributed by atoms with van der Waals surface area (Å²) in [5, 5.41) is -1.10. The number of ether oxygens (including phenoxy) is 1. The monoisotopic (exact) mass is 733 g/mol. The summed E-state index contributed by atoms with van der Waals surface area (Å²) < 4.78 is 78.1. The summed E-state index contributed by atoms with van der Waals surface area (Å²) in [6, 6.07) is 11.6. The molecule has 0 aromatic heterocycles. The molecule has 280 valence electrons. The highest BCUT2D eigenvalue weighted by molar-refractivity contribution is 7.92. The molecule has 0 N–H and O–H groups in total. The molecule has 0 amide bonds. The minimum Gasteiger partial charge on any atom is -0.494 e. The van der Waals surface area contributed by atoms with Crippen LogP contribution in [0.3, 0.4) is 0 Å². The fraction of sp³-hybridized carbons (Fsp3) is 0.692. The van der Waals surface area contributed by atoms with Gasteiger partial charge in [-0.2, -0.15) is 4.31 Å². The van der Waals surface area contributed by atoms with Gasteiger partial charge in [-0.25, -0.2) is 21.2 Å². The first-order chi connectivity index (χ1) is 23.9. The summed E-state index contributed by atoms with van der Waals surface area (Å²) in [7, 11) is -1.85. The van der Waals surface area contributed by atoms with Crippen molar-refractivity contribution in [3.05, 3.63) is 48.3 Å². The van der Waals surface area contributed by atoms with Crippen LogP contribution in [0, 0.1) is 23.6 Å². The highest BCUT2D eigenvalue weighted by atomic mass is 32.2. The van der Waals surface area contributed by atoms with Gasteiger partial charge >= 0.3 is 0 Å². The third-order valence-electron chi connectivity index (χ3n) is 11.6. The molecule has 2 saturated carbocycles. The van der Waals surface area contributed by atoms with Crippen molar-refractivity contribution < 1.29 is 26.0 Å². The molecular formula is C39H60FN3O5S2. The molecule has 11 heteroatoms. The van der Waals surface area contributed by atoms with Crippen molar-refractivity contribution in [2.24, 2.45) is 17.8 Å². The predicted octanol–water partition coefficient (Wildman–Crippen LogP) is 7.92. The number of methoxy groups -OCH3 is 1. The van der Waals surface area contributed by atoms with Crippen LogP contribution in [0.2, 0.25) is 0 Å². The number of benzene rings is 2. The van der Waals surface area contributed by atoms with Crippen LogP contribution in [0.4, 0.5) is 15.8 Å². The summed E-state index contributed by atoms with van der Waals surface area (Å²) >= 11 is 0. The number of rotatable bonds is 9. The second kappa shape index (κ2) is 17.4. The number of nitrogens with zero attached hydrogens (tertiary/aromatic N) is 3. The summed E-state index contributed by atoms with van der Waals surface area (Å²) in [4.78, 5) is 4.37. The summed E-state index contributed by atoms with van der Waals surface area (Å²) in [5.74, 6) is 1.22. The second-order valence-electron chi connectivity index (χ2n) is 15.5. The average molecular weight is 734 g/mol. The lowest BCUT2D eigenvalue weighted by Gasteiger charge is -2.38. The van der Waals surface area contributed by atoms with Crippen molar-refractivity contribution >= 4 is 31.2 Å². The highest BCUT2D eigenvalue weighted by Gasteiger charge is 2.37. The van der Waals surface area contributed by atoms with E-state index in [0.717, 1.165) is 43.0 Å². The van der Waals surface area contributed by atoms with E-state index in [2.05, 4.69) is 4.90 Å². The van der Waals surface area contributed by atoms with Gasteiger partial charge in [-0.3, -0.25) is 0 Å². The topological polar surface area (TPSA) is 87.2 Å². The van der Waals surface area contributed by atoms with Gasteiger partial charge in [0.25, 0.3) is 0 Å². The summed E-state index contributed by atoms with van der Waals surface area (Å²) in [6.45, 7) is 3.70. The van der Waals surface area contributed by atoms with E-state index in [1.54, 1.807) is 22.5 Å². The Morgan fingerprint density at radius 2 is 1.34 bits per heavy atom. The molecule has 4 atom stereocenters. The van der Waals surface area contributed by atoms with Crippen LogP contribution < -0.4 is 14.5 Å². The molecule has 2 aliphatic carbocycles. The maximum atomic E-state index is 14.4. The molecule has 0 spiro atoms. The number of hydrogen-bond donors (Lipinski definition) is 0. The smallest absolute Gasteiger partial charge is 0.217 e. The molecule has 2 aromatic carbocycles. The van der Waals surface area contributed by atoms with Crippen LogP contribution in [0.15, 0.2) is 47.4 Å². The summed E-state index contributed by atoms with van der Waals surface area (Å²) in [5.41, 5.74) is 1.71. The maximum Gasteiger partial charge on any atom is 0.217 e. The Morgan fingerprint density at radius 3 is 1.94 bits per heavy atom. The number of sulfonamides is 1. The molecule has 50 heavy (non-hydrogen) atoms. The molecule has 2 aromatic rings. The Hall–Kier alpha value is -2.37. The molecule has 8 nitrogen and oxygen atoms in total. The van der Waals surface area contributed by atoms with E-state index in [1.807, 2.05) is 38.1 Å². The second-order valence-corrected chi connectivity index (χ2v) is 19.9. The van der Waals surface area contributed by atoms with Crippen molar-refractivity contribution in [3.63, 3.8) is 0 Å². The van der Waals surface area contributed by atoms with Crippen LogP contribution in [0.25, 0.3) is 0 Å². The van der Waals surface area contributed by atoms with E-state index < -0.39 is 30.4 Å². The predicted molar refractivity (Wildman–Crippen MR) is 202 cm³/mol. The Morgan fingerprint density at radius 1 is 0.760 bits per heavy atom. The number of halogens is 1. The Kier molecular flexibility index (Phi) is 13.5. The van der Waals surface area contributed by atoms with E-state index >= 15 is 0 Å². The normalized spacial score (nSPS) is 25.7. The van der Waals surface area contributed by atoms with Crippen LogP contribution >= 0.6 is 0 Å². The highest BCUT2D eigenvalue weighted by Crippen LogP contribution is 2.37. The van der Waals surface area contributed by atoms with Crippen LogP contribution in [0.1, 0.15) is 96.8 Å². The Balaban J connectivity index is 1.34. The minimum atomic E-state index is -3.64. The SMILES string of the molecule is COc1cc(F)ccc1N1CCN(S(=O)(=O)C2CCCC(CC3CCCCC3)CCCC(S(=O)(=O)c3ccc(N(C)C)cc3)C[C@H](C)C2)CC1. The first kappa shape index (κ1) is 38.9. The minimum absolute atomic E-state index is 0.0715. The molecule has 1 saturated heterocycles. The summed E-state index contributed by atoms with van der Waals surface area (Å²) in [6.07, 6.45) is 13.5. The lowest BCUT2D eigenvalue weighted by Crippen LogP contribution is -2.51. The lowest BCUT2D eigenvalue weighted by molar-refractivity contribution is 0.258. The third kappa shape index (κ3) is 9.73. The van der Waals surface area contributed by atoms with E-state index in [4.69, 9.17) is 4.74 Å². The number of hydrogen-bond acceptors (Lipinski definition) is 7. The van der Waals surface area contributed by atoms with Gasteiger partial charge in [0.1, 0.15) is 11.6 Å². The van der Waals surface area contributed by atoms with Crippen LogP contribution in [-0.2, 0) is 19.9 Å². The zero-order chi connectivity index (χ0) is 35.9. The first-order valence-corrected chi connectivity index (χ1v) is 22.0. The maximum absolute atomic E-state index is 14.4. The van der Waals surface area contributed by atoms with E-state index in [1.165, 1.54) is 57.8 Å². The fourth-order valence-corrected chi connectivity index (χ4v) is 12.8. The molecule has 0 bridgehead atoms. The zero-order valence-corrected chi connectivity index (χ0v) is 32.4. The van der Waals surface area contributed by atoms with Crippen LogP contribution in [0.5, 0.6) is 5.75 Å². The zero-order valence-electron chi connectivity index (χ0n) is 30.7. The van der Waals surface area contributed by atoms with Crippen molar-refractivity contribution in [1.29, 1.82) is 0 Å². The van der Waals surface area contributed by atoms with Gasteiger partial charge in [0.05, 0.1) is 28.2 Å².